The fourth-order valence-corrected chi connectivity index (χ4v) is 5.67. The quantitative estimate of drug-likeness (QED) is 0.332. The predicted molar refractivity (Wildman–Crippen MR) is 138 cm³/mol. The Hall–Kier alpha value is -3.65. The van der Waals surface area contributed by atoms with Crippen molar-refractivity contribution in [3.05, 3.63) is 65.2 Å². The average molecular weight is 505 g/mol. The number of fused-ring (bicyclic) bond motifs is 2. The summed E-state index contributed by atoms with van der Waals surface area (Å²) in [5.74, 6) is -1.84. The number of Topliss-reactive ketones (excluding diaryl/α,β-unsaturated/α-hetero) is 1. The summed E-state index contributed by atoms with van der Waals surface area (Å²) in [6.45, 7) is 5.50. The fourth-order valence-electron chi connectivity index (χ4n) is 5.67. The number of likely N-dealkylation sites (tertiary alicyclic amines) is 1. The van der Waals surface area contributed by atoms with E-state index < -0.39 is 23.1 Å². The molecular weight excluding hydrogens is 472 g/mol. The number of unbranched alkanes of at least 4 members (excludes halogenated alkanes) is 1. The smallest absolute Gasteiger partial charge is 0.296 e. The highest BCUT2D eigenvalue weighted by molar-refractivity contribution is 6.50. The minimum absolute atomic E-state index is 0.0896. The van der Waals surface area contributed by atoms with Crippen molar-refractivity contribution in [2.75, 3.05) is 31.2 Å². The van der Waals surface area contributed by atoms with E-state index in [2.05, 4.69) is 0 Å². The molecule has 8 nitrogen and oxygen atoms in total. The number of ether oxygens (including phenoxy) is 2. The molecule has 5 rings (SSSR count). The fraction of sp³-hybridized carbons (Fsp3) is 0.414. The Morgan fingerprint density at radius 2 is 1.86 bits per heavy atom. The maximum atomic E-state index is 14.4. The number of carbonyl (C=O) groups excluding carboxylic acids is 3. The van der Waals surface area contributed by atoms with Crippen LogP contribution in [-0.2, 0) is 24.7 Å². The Morgan fingerprint density at radius 1 is 1.11 bits per heavy atom. The third-order valence-corrected chi connectivity index (χ3v) is 7.39. The molecule has 2 aromatic rings. The number of anilines is 1. The lowest BCUT2D eigenvalue weighted by molar-refractivity contribution is -0.145. The van der Waals surface area contributed by atoms with Gasteiger partial charge in [-0.25, -0.2) is 0 Å². The maximum absolute atomic E-state index is 14.4. The van der Waals surface area contributed by atoms with Crippen molar-refractivity contribution in [2.24, 2.45) is 0 Å². The summed E-state index contributed by atoms with van der Waals surface area (Å²) in [6.07, 6.45) is 2.92. The van der Waals surface area contributed by atoms with Crippen LogP contribution in [0.25, 0.3) is 5.76 Å². The van der Waals surface area contributed by atoms with E-state index in [1.807, 2.05) is 26.0 Å². The highest BCUT2D eigenvalue weighted by Crippen LogP contribution is 2.54. The molecule has 2 saturated heterocycles. The maximum Gasteiger partial charge on any atom is 0.296 e. The molecule has 0 saturated carbocycles. The molecule has 0 aliphatic carbocycles. The van der Waals surface area contributed by atoms with Crippen molar-refractivity contribution in [3.8, 4) is 5.75 Å². The molecule has 194 valence electrons. The monoisotopic (exact) mass is 504 g/mol. The van der Waals surface area contributed by atoms with Crippen LogP contribution < -0.4 is 9.64 Å². The van der Waals surface area contributed by atoms with E-state index in [0.717, 1.165) is 25.7 Å². The van der Waals surface area contributed by atoms with Crippen molar-refractivity contribution < 1.29 is 29.0 Å². The molecule has 0 unspecified atom stereocenters. The summed E-state index contributed by atoms with van der Waals surface area (Å²) in [4.78, 5) is 44.7. The van der Waals surface area contributed by atoms with Gasteiger partial charge in [0.05, 0.1) is 24.0 Å². The topological polar surface area (TPSA) is 96.4 Å². The van der Waals surface area contributed by atoms with Gasteiger partial charge in [0, 0.05) is 30.8 Å². The number of hydrogen-bond donors (Lipinski definition) is 1. The molecule has 0 radical (unpaired) electrons. The van der Waals surface area contributed by atoms with Gasteiger partial charge in [-0.3, -0.25) is 14.4 Å². The second-order valence-electron chi connectivity index (χ2n) is 9.60. The SMILES string of the molecule is CCCCN1C(=O)[C@@]2(C(=C(O)c3ccc(OCC)cc3)C(=O)C(=O)N2C[C@@H]2CCCO2)c2ccccc21. The van der Waals surface area contributed by atoms with Crippen molar-refractivity contribution >= 4 is 29.0 Å². The van der Waals surface area contributed by atoms with E-state index in [9.17, 15) is 19.5 Å². The zero-order valence-corrected chi connectivity index (χ0v) is 21.2. The van der Waals surface area contributed by atoms with Gasteiger partial charge < -0.3 is 24.4 Å². The molecule has 2 atom stereocenters. The van der Waals surface area contributed by atoms with Crippen LogP contribution in [-0.4, -0.2) is 60.0 Å². The van der Waals surface area contributed by atoms with E-state index in [4.69, 9.17) is 9.47 Å². The lowest BCUT2D eigenvalue weighted by Crippen LogP contribution is -2.54. The van der Waals surface area contributed by atoms with E-state index >= 15 is 0 Å². The van der Waals surface area contributed by atoms with Crippen LogP contribution in [0.5, 0.6) is 5.75 Å². The van der Waals surface area contributed by atoms with Crippen molar-refractivity contribution in [1.29, 1.82) is 0 Å². The number of aliphatic hydroxyl groups is 1. The van der Waals surface area contributed by atoms with Crippen LogP contribution >= 0.6 is 0 Å². The summed E-state index contributed by atoms with van der Waals surface area (Å²) in [5.41, 5.74) is -0.447. The molecule has 37 heavy (non-hydrogen) atoms. The Labute approximate surface area is 216 Å². The molecule has 3 heterocycles. The lowest BCUT2D eigenvalue weighted by atomic mass is 9.81. The normalized spacial score (nSPS) is 24.4. The molecule has 2 aromatic carbocycles. The highest BCUT2D eigenvalue weighted by Gasteiger charge is 2.67. The van der Waals surface area contributed by atoms with Gasteiger partial charge in [-0.1, -0.05) is 31.5 Å². The zero-order valence-electron chi connectivity index (χ0n) is 21.2. The first kappa shape index (κ1) is 25.0. The number of rotatable bonds is 8. The van der Waals surface area contributed by atoms with Gasteiger partial charge >= 0.3 is 0 Å². The second kappa shape index (κ2) is 10.0. The van der Waals surface area contributed by atoms with Crippen LogP contribution in [0.4, 0.5) is 5.69 Å². The lowest BCUT2D eigenvalue weighted by Gasteiger charge is -2.35. The number of benzene rings is 2. The van der Waals surface area contributed by atoms with E-state index in [0.29, 0.717) is 42.3 Å². The van der Waals surface area contributed by atoms with Gasteiger partial charge in [0.1, 0.15) is 11.5 Å². The molecule has 3 aliphatic rings. The summed E-state index contributed by atoms with van der Waals surface area (Å²) < 4.78 is 11.3. The van der Waals surface area contributed by atoms with Gasteiger partial charge in [0.2, 0.25) is 0 Å². The van der Waals surface area contributed by atoms with E-state index in [1.165, 1.54) is 4.90 Å². The number of amides is 2. The minimum Gasteiger partial charge on any atom is -0.507 e. The third-order valence-electron chi connectivity index (χ3n) is 7.39. The van der Waals surface area contributed by atoms with Crippen LogP contribution in [0.3, 0.4) is 0 Å². The Morgan fingerprint density at radius 3 is 2.54 bits per heavy atom. The first-order valence-electron chi connectivity index (χ1n) is 13.0. The summed E-state index contributed by atoms with van der Waals surface area (Å²) in [7, 11) is 0. The number of hydrogen-bond acceptors (Lipinski definition) is 6. The summed E-state index contributed by atoms with van der Waals surface area (Å²) in [6, 6.07) is 13.9. The Balaban J connectivity index is 1.73. The number of carbonyl (C=O) groups is 3. The van der Waals surface area contributed by atoms with E-state index in [-0.39, 0.29) is 24.0 Å². The van der Waals surface area contributed by atoms with Crippen LogP contribution in [0.1, 0.15) is 50.7 Å². The highest BCUT2D eigenvalue weighted by atomic mass is 16.5. The Kier molecular flexibility index (Phi) is 6.77. The molecule has 3 aliphatic heterocycles. The zero-order chi connectivity index (χ0) is 26.2. The van der Waals surface area contributed by atoms with Gasteiger partial charge in [-0.2, -0.15) is 0 Å². The average Bonchev–Trinajstić information content (AvgIpc) is 3.57. The number of para-hydroxylation sites is 1. The van der Waals surface area contributed by atoms with Crippen LogP contribution in [0.2, 0.25) is 0 Å². The van der Waals surface area contributed by atoms with E-state index in [1.54, 1.807) is 41.3 Å². The van der Waals surface area contributed by atoms with Gasteiger partial charge in [0.15, 0.2) is 5.54 Å². The first-order chi connectivity index (χ1) is 17.9. The third kappa shape index (κ3) is 3.91. The standard InChI is InChI=1S/C29H32N2O6/c1-3-5-16-30-23-11-7-6-10-22(23)29(28(30)35)24(25(32)19-12-14-20(15-13-19)36-4-2)26(33)27(34)31(29)18-21-9-8-17-37-21/h6-7,10-15,21,32H,3-5,8-9,16-18H2,1-2H3/t21-,29-/m0/s1. The Bertz CT molecular complexity index is 1250. The predicted octanol–water partition coefficient (Wildman–Crippen LogP) is 3.99. The minimum atomic E-state index is -1.76. The van der Waals surface area contributed by atoms with Gasteiger partial charge in [-0.15, -0.1) is 0 Å². The molecule has 1 N–H and O–H groups in total. The van der Waals surface area contributed by atoms with Gasteiger partial charge in [-0.05, 0) is 56.5 Å². The molecule has 0 bridgehead atoms. The second-order valence-corrected chi connectivity index (χ2v) is 9.60. The molecule has 2 amide bonds. The van der Waals surface area contributed by atoms with Crippen LogP contribution in [0, 0.1) is 0 Å². The van der Waals surface area contributed by atoms with Crippen molar-refractivity contribution in [2.45, 2.75) is 51.2 Å². The molecular formula is C29H32N2O6. The molecule has 0 aromatic heterocycles. The number of nitrogens with zero attached hydrogens (tertiary/aromatic N) is 2. The summed E-state index contributed by atoms with van der Waals surface area (Å²) >= 11 is 0. The molecule has 8 heteroatoms. The summed E-state index contributed by atoms with van der Waals surface area (Å²) in [5, 5.41) is 11.6. The number of ketones is 1. The van der Waals surface area contributed by atoms with Gasteiger partial charge in [0.25, 0.3) is 17.6 Å². The molecule has 1 spiro atoms. The van der Waals surface area contributed by atoms with Crippen molar-refractivity contribution in [1.82, 2.24) is 4.90 Å². The first-order valence-corrected chi connectivity index (χ1v) is 13.0. The van der Waals surface area contributed by atoms with Crippen LogP contribution in [0.15, 0.2) is 54.1 Å². The number of aliphatic hydroxyl groups excluding tert-OH is 1. The van der Waals surface area contributed by atoms with Crippen molar-refractivity contribution in [3.63, 3.8) is 0 Å². The largest absolute Gasteiger partial charge is 0.507 e. The molecule has 2 fully saturated rings.